The molecule has 0 fully saturated rings. The first-order chi connectivity index (χ1) is 55.2. The Labute approximate surface area is 709 Å². The quantitative estimate of drug-likeness (QED) is 0.0560. The van der Waals surface area contributed by atoms with Crippen LogP contribution in [0.25, 0.3) is 100 Å². The first-order valence-corrected chi connectivity index (χ1v) is 50.6. The summed E-state index contributed by atoms with van der Waals surface area (Å²) in [5.74, 6) is 0. The van der Waals surface area contributed by atoms with Crippen LogP contribution in [0.15, 0.2) is 309 Å². The molecule has 0 amide bonds. The third-order valence-electron chi connectivity index (χ3n) is 20.3. The number of benzene rings is 14. The SMILES string of the molecule is CPc1cc(C)ccc1-c1cccc(-c2ccc(CP)cc2)c1.PCc1ccc(-c2ccc(-c3ccc(CP)cc3)c(CP)c2)cc1.PCc1ccc(-c2ccc(-c3ccc(CP)cc3CP)cc2)cc1.PCc1ccc(-c2ccc(CP)c(-c3ccc(CP)cc3)c2)cc1.PCc1ccc(-c2ccc(CP)cc2CP)cc1. The van der Waals surface area contributed by atoms with Gasteiger partial charge in [0.2, 0.25) is 0 Å². The van der Waals surface area contributed by atoms with Gasteiger partial charge in [0.25, 0.3) is 0 Å². The summed E-state index contributed by atoms with van der Waals surface area (Å²) in [7, 11) is 37.2. The summed E-state index contributed by atoms with van der Waals surface area (Å²) in [4.78, 5) is 0. The molecule has 0 aromatic heterocycles. The molecule has 0 spiro atoms. The van der Waals surface area contributed by atoms with Crippen LogP contribution in [-0.2, 0) is 80.1 Å². The van der Waals surface area contributed by atoms with Crippen molar-refractivity contribution in [2.45, 2.75) is 87.0 Å². The number of hydrogen-bond acceptors (Lipinski definition) is 0. The van der Waals surface area contributed by atoms with E-state index in [1.807, 2.05) is 0 Å². The molecule has 14 rings (SSSR count). The summed E-state index contributed by atoms with van der Waals surface area (Å²) in [6.45, 7) is 4.42. The summed E-state index contributed by atoms with van der Waals surface area (Å²) in [5, 5.41) is 1.44. The Kier molecular flexibility index (Phi) is 38.1. The van der Waals surface area contributed by atoms with Crippen molar-refractivity contribution in [3.8, 4) is 100 Å². The first kappa shape index (κ1) is 90.4. The molecule has 0 radical (unpaired) electrons. The molecule has 0 bridgehead atoms. The Morgan fingerprint density at radius 2 is 0.425 bits per heavy atom. The minimum atomic E-state index is 0.810. The highest BCUT2D eigenvalue weighted by molar-refractivity contribution is 7.46. The summed E-state index contributed by atoms with van der Waals surface area (Å²) in [5.41, 5.74) is 42.4. The molecule has 14 unspecified atom stereocenters. The van der Waals surface area contributed by atoms with Crippen LogP contribution in [0, 0.1) is 6.92 Å². The van der Waals surface area contributed by atoms with E-state index in [1.165, 1.54) is 183 Å². The molecular formula is C99H110P14. The third-order valence-corrected chi connectivity index (χ3v) is 27.3. The second-order valence-corrected chi connectivity index (χ2v) is 34.1. The minimum Gasteiger partial charge on any atom is -0.133 e. The molecule has 0 aliphatic heterocycles. The van der Waals surface area contributed by atoms with Crippen LogP contribution >= 0.6 is 129 Å². The van der Waals surface area contributed by atoms with Crippen LogP contribution in [0.5, 0.6) is 0 Å². The molecule has 113 heavy (non-hydrogen) atoms. The molecule has 0 N–H and O–H groups in total. The van der Waals surface area contributed by atoms with E-state index in [-0.39, 0.29) is 0 Å². The van der Waals surface area contributed by atoms with Crippen molar-refractivity contribution in [3.63, 3.8) is 0 Å². The maximum atomic E-state index is 2.87. The largest absolute Gasteiger partial charge is 0.133 e. The highest BCUT2D eigenvalue weighted by Gasteiger charge is 2.13. The molecular weight excluding hydrogens is 1620 g/mol. The van der Waals surface area contributed by atoms with Crippen molar-refractivity contribution in [1.29, 1.82) is 0 Å². The molecule has 14 aromatic carbocycles. The van der Waals surface area contributed by atoms with Crippen molar-refractivity contribution in [2.24, 2.45) is 0 Å². The molecule has 0 aliphatic rings. The second-order valence-electron chi connectivity index (χ2n) is 27.7. The van der Waals surface area contributed by atoms with E-state index in [0.29, 0.717) is 0 Å². The molecule has 576 valence electrons. The lowest BCUT2D eigenvalue weighted by atomic mass is 9.94. The number of aryl methyl sites for hydroxylation is 1. The van der Waals surface area contributed by atoms with Gasteiger partial charge in [-0.1, -0.05) is 311 Å². The summed E-state index contributed by atoms with van der Waals surface area (Å²) >= 11 is 0. The Hall–Kier alpha value is -4.90. The lowest BCUT2D eigenvalue weighted by Crippen LogP contribution is -2.00. The zero-order chi connectivity index (χ0) is 80.0. The van der Waals surface area contributed by atoms with Crippen molar-refractivity contribution < 1.29 is 0 Å². The van der Waals surface area contributed by atoms with Gasteiger partial charge < -0.3 is 0 Å². The fraction of sp³-hybridized carbons (Fsp3) is 0.152. The summed E-state index contributed by atoms with van der Waals surface area (Å²) < 4.78 is 0. The second kappa shape index (κ2) is 47.6. The zero-order valence-electron chi connectivity index (χ0n) is 65.1. The standard InChI is InChI=1S/3C21H23P3.C21H22P2.C15H19P3/c22-12-15-1-5-17(6-2-15)19-9-10-21(20(11-19)14-24)18-7-3-16(13-23)4-8-18;22-12-15-1-5-17(6-2-15)19-9-10-20(14-24)21(11-19)18-7-3-16(13-23)4-8-18;22-12-15-1-4-17(5-2-15)18-6-8-19(9-7-18)21-10-3-16(13-23)11-20(21)14-24;1-15-6-11-20(21(12-15)23-2)19-5-3-4-18(13-19)17-9-7-16(14-22)8-10-17;16-8-11-1-4-13(5-2-11)15-6-3-12(9-17)7-14(15)10-18/h3*1-11H,12-14,22-24H2;3-13,23H,14,22H2,1-2H3;1-7H,8-10,16-18H2. The van der Waals surface area contributed by atoms with E-state index < -0.39 is 0 Å². The summed E-state index contributed by atoms with van der Waals surface area (Å²) in [6, 6.07) is 114. The van der Waals surface area contributed by atoms with E-state index in [1.54, 1.807) is 0 Å². The molecule has 0 saturated heterocycles. The maximum Gasteiger partial charge on any atom is -0.0109 e. The Balaban J connectivity index is 0.000000150. The van der Waals surface area contributed by atoms with Gasteiger partial charge in [-0.15, -0.1) is 120 Å². The molecule has 0 nitrogen and oxygen atoms in total. The van der Waals surface area contributed by atoms with Crippen LogP contribution in [0.1, 0.15) is 77.9 Å². The molecule has 14 aromatic rings. The fourth-order valence-corrected chi connectivity index (χ4v) is 18.1. The van der Waals surface area contributed by atoms with Crippen LogP contribution < -0.4 is 5.30 Å². The van der Waals surface area contributed by atoms with Gasteiger partial charge in [0.15, 0.2) is 0 Å². The molecule has 0 aliphatic carbocycles. The van der Waals surface area contributed by atoms with Crippen LogP contribution in [0.3, 0.4) is 0 Å². The first-order valence-electron chi connectivity index (χ1n) is 38.5. The van der Waals surface area contributed by atoms with E-state index in [0.717, 1.165) is 88.7 Å². The van der Waals surface area contributed by atoms with Gasteiger partial charge in [-0.2, -0.15) is 0 Å². The van der Waals surface area contributed by atoms with Gasteiger partial charge in [0.05, 0.1) is 0 Å². The Morgan fingerprint density at radius 3 is 0.770 bits per heavy atom. The monoisotopic (exact) mass is 1730 g/mol. The van der Waals surface area contributed by atoms with Gasteiger partial charge in [-0.05, 0) is 284 Å². The maximum absolute atomic E-state index is 2.87. The van der Waals surface area contributed by atoms with Gasteiger partial charge in [0, 0.05) is 0 Å². The average Bonchev–Trinajstić information content (AvgIpc) is 0.827. The fourth-order valence-electron chi connectivity index (χ4n) is 13.5. The van der Waals surface area contributed by atoms with E-state index in [2.05, 4.69) is 443 Å². The number of hydrogen-bond donors (Lipinski definition) is 0. The van der Waals surface area contributed by atoms with Gasteiger partial charge in [-0.3, -0.25) is 0 Å². The average molecular weight is 1730 g/mol. The van der Waals surface area contributed by atoms with Crippen LogP contribution in [0.4, 0.5) is 0 Å². The zero-order valence-corrected chi connectivity index (χ0v) is 81.2. The molecule has 0 saturated carbocycles. The normalized spacial score (nSPS) is 10.9. The van der Waals surface area contributed by atoms with Crippen LogP contribution in [0.2, 0.25) is 0 Å². The third kappa shape index (κ3) is 25.8. The van der Waals surface area contributed by atoms with Gasteiger partial charge in [-0.25, -0.2) is 0 Å². The van der Waals surface area contributed by atoms with Gasteiger partial charge >= 0.3 is 0 Å². The minimum absolute atomic E-state index is 0.810. The van der Waals surface area contributed by atoms with Crippen molar-refractivity contribution in [2.75, 3.05) is 6.66 Å². The van der Waals surface area contributed by atoms with Crippen LogP contribution in [-0.4, -0.2) is 6.66 Å². The molecule has 14 atom stereocenters. The smallest absolute Gasteiger partial charge is 0.0109 e. The van der Waals surface area contributed by atoms with E-state index in [4.69, 9.17) is 0 Å². The highest BCUT2D eigenvalue weighted by atomic mass is 31.1. The molecule has 0 heterocycles. The van der Waals surface area contributed by atoms with Crippen molar-refractivity contribution in [3.05, 3.63) is 387 Å². The van der Waals surface area contributed by atoms with E-state index in [9.17, 15) is 0 Å². The highest BCUT2D eigenvalue weighted by Crippen LogP contribution is 2.37. The lowest BCUT2D eigenvalue weighted by molar-refractivity contribution is 1.33. The number of rotatable bonds is 23. The Bertz CT molecular complexity index is 5280. The van der Waals surface area contributed by atoms with Crippen molar-refractivity contribution >= 4 is 134 Å². The van der Waals surface area contributed by atoms with E-state index >= 15 is 0 Å². The predicted octanol–water partition coefficient (Wildman–Crippen LogP) is 28.6. The topological polar surface area (TPSA) is 0 Å². The Morgan fingerprint density at radius 1 is 0.177 bits per heavy atom. The van der Waals surface area contributed by atoms with Crippen molar-refractivity contribution in [1.82, 2.24) is 0 Å². The molecule has 14 heteroatoms. The predicted molar refractivity (Wildman–Crippen MR) is 554 cm³/mol. The van der Waals surface area contributed by atoms with Gasteiger partial charge in [0.1, 0.15) is 0 Å². The lowest BCUT2D eigenvalue weighted by Gasteiger charge is -2.12. The summed E-state index contributed by atoms with van der Waals surface area (Å²) in [6.07, 6.45) is 12.9.